The van der Waals surface area contributed by atoms with Crippen LogP contribution < -0.4 is 20.3 Å². The van der Waals surface area contributed by atoms with Gasteiger partial charge in [-0.2, -0.15) is 0 Å². The van der Waals surface area contributed by atoms with Gasteiger partial charge in [-0.3, -0.25) is 20.4 Å². The molecule has 168 valence electrons. The predicted molar refractivity (Wildman–Crippen MR) is 122 cm³/mol. The molecule has 2 rings (SSSR count). The van der Waals surface area contributed by atoms with Crippen molar-refractivity contribution in [1.82, 2.24) is 10.9 Å². The van der Waals surface area contributed by atoms with E-state index in [1.54, 1.807) is 6.07 Å². The molecule has 0 radical (unpaired) electrons. The minimum atomic E-state index is -0.458. The molecule has 0 bridgehead atoms. The van der Waals surface area contributed by atoms with Crippen LogP contribution in [0.25, 0.3) is 0 Å². The Kier molecular flexibility index (Phi) is 8.08. The molecule has 0 heterocycles. The van der Waals surface area contributed by atoms with Gasteiger partial charge in [0.15, 0.2) is 13.2 Å². The van der Waals surface area contributed by atoms with Gasteiger partial charge in [-0.15, -0.1) is 0 Å². The number of carbonyl (C=O) groups is 2. The van der Waals surface area contributed by atoms with E-state index >= 15 is 0 Å². The molecule has 2 N–H and O–H groups in total. The van der Waals surface area contributed by atoms with Crippen LogP contribution in [0.15, 0.2) is 48.5 Å². The lowest BCUT2D eigenvalue weighted by atomic mass is 9.72. The van der Waals surface area contributed by atoms with Crippen LogP contribution in [0.2, 0.25) is 0 Å². The number of benzene rings is 2. The van der Waals surface area contributed by atoms with E-state index < -0.39 is 11.8 Å². The summed E-state index contributed by atoms with van der Waals surface area (Å²) in [5, 5.41) is 0. The second-order valence-electron chi connectivity index (χ2n) is 9.64. The van der Waals surface area contributed by atoms with Crippen LogP contribution >= 0.6 is 0 Å². The van der Waals surface area contributed by atoms with Crippen LogP contribution in [0.5, 0.6) is 11.5 Å². The summed E-state index contributed by atoms with van der Waals surface area (Å²) in [4.78, 5) is 23.7. The fourth-order valence-electron chi connectivity index (χ4n) is 3.64. The minimum Gasteiger partial charge on any atom is -0.484 e. The Bertz CT molecular complexity index is 883. The average molecular weight is 427 g/mol. The summed E-state index contributed by atoms with van der Waals surface area (Å²) in [6.07, 6.45) is 1.05. The fraction of sp³-hybridized carbons (Fsp3) is 0.440. The molecule has 6 nitrogen and oxygen atoms in total. The van der Waals surface area contributed by atoms with E-state index in [1.807, 2.05) is 49.4 Å². The molecule has 0 fully saturated rings. The Hall–Kier alpha value is -3.02. The Balaban J connectivity index is 1.74. The fourth-order valence-corrected chi connectivity index (χ4v) is 3.64. The first kappa shape index (κ1) is 24.3. The second kappa shape index (κ2) is 10.3. The largest absolute Gasteiger partial charge is 0.484 e. The van der Waals surface area contributed by atoms with Crippen molar-refractivity contribution in [2.24, 2.45) is 5.41 Å². The third-order valence-electron chi connectivity index (χ3n) is 4.68. The van der Waals surface area contributed by atoms with E-state index in [4.69, 9.17) is 9.47 Å². The lowest BCUT2D eigenvalue weighted by Crippen LogP contribution is -2.45. The molecule has 2 amide bonds. The second-order valence-corrected chi connectivity index (χ2v) is 9.64. The van der Waals surface area contributed by atoms with E-state index in [0.29, 0.717) is 11.5 Å². The van der Waals surface area contributed by atoms with Crippen molar-refractivity contribution in [2.45, 2.75) is 53.4 Å². The van der Waals surface area contributed by atoms with Crippen LogP contribution in [0.4, 0.5) is 0 Å². The number of carbonyl (C=O) groups excluding carboxylic acids is 2. The van der Waals surface area contributed by atoms with Crippen molar-refractivity contribution in [1.29, 1.82) is 0 Å². The summed E-state index contributed by atoms with van der Waals surface area (Å²) >= 11 is 0. The molecule has 0 saturated heterocycles. The standard InChI is InChI=1S/C25H34N2O4/c1-18-8-7-9-21(14-18)31-16-23(29)27-26-22(28)15-30-20-12-10-19(11-13-20)25(5,6)17-24(2,3)4/h7-14H,15-17H2,1-6H3,(H,26,28)(H,27,29). The van der Waals surface area contributed by atoms with Crippen molar-refractivity contribution in [2.75, 3.05) is 13.2 Å². The van der Waals surface area contributed by atoms with Crippen LogP contribution in [-0.4, -0.2) is 25.0 Å². The normalized spacial score (nSPS) is 11.5. The lowest BCUT2D eigenvalue weighted by molar-refractivity contribution is -0.131. The van der Waals surface area contributed by atoms with E-state index in [-0.39, 0.29) is 24.0 Å². The summed E-state index contributed by atoms with van der Waals surface area (Å²) in [7, 11) is 0. The molecule has 31 heavy (non-hydrogen) atoms. The Morgan fingerprint density at radius 3 is 1.87 bits per heavy atom. The van der Waals surface area contributed by atoms with Gasteiger partial charge in [0.1, 0.15) is 11.5 Å². The third-order valence-corrected chi connectivity index (χ3v) is 4.68. The summed E-state index contributed by atoms with van der Waals surface area (Å²) in [6.45, 7) is 12.7. The van der Waals surface area contributed by atoms with Gasteiger partial charge in [-0.25, -0.2) is 0 Å². The molecular formula is C25H34N2O4. The molecule has 0 spiro atoms. The SMILES string of the molecule is Cc1cccc(OCC(=O)NNC(=O)COc2ccc(C(C)(C)CC(C)(C)C)cc2)c1. The van der Waals surface area contributed by atoms with Crippen molar-refractivity contribution in [3.8, 4) is 11.5 Å². The quantitative estimate of drug-likeness (QED) is 0.617. The molecule has 6 heteroatoms. The van der Waals surface area contributed by atoms with E-state index in [2.05, 4.69) is 45.5 Å². The number of hydrazine groups is 1. The van der Waals surface area contributed by atoms with Gasteiger partial charge >= 0.3 is 0 Å². The zero-order chi connectivity index (χ0) is 23.1. The summed E-state index contributed by atoms with van der Waals surface area (Å²) in [5.74, 6) is 0.278. The van der Waals surface area contributed by atoms with Crippen LogP contribution in [0.1, 0.15) is 52.2 Å². The molecule has 0 aliphatic heterocycles. The highest BCUT2D eigenvalue weighted by Crippen LogP contribution is 2.36. The van der Waals surface area contributed by atoms with E-state index in [1.165, 1.54) is 5.56 Å². The van der Waals surface area contributed by atoms with Gasteiger partial charge in [0.2, 0.25) is 0 Å². The van der Waals surface area contributed by atoms with Crippen molar-refractivity contribution in [3.63, 3.8) is 0 Å². The first-order valence-electron chi connectivity index (χ1n) is 10.5. The molecule has 2 aromatic carbocycles. The zero-order valence-electron chi connectivity index (χ0n) is 19.4. The van der Waals surface area contributed by atoms with Gasteiger partial charge in [-0.05, 0) is 59.6 Å². The smallest absolute Gasteiger partial charge is 0.276 e. The van der Waals surface area contributed by atoms with E-state index in [9.17, 15) is 9.59 Å². The summed E-state index contributed by atoms with van der Waals surface area (Å²) < 4.78 is 10.9. The van der Waals surface area contributed by atoms with Crippen LogP contribution in [-0.2, 0) is 15.0 Å². The van der Waals surface area contributed by atoms with Crippen LogP contribution in [0, 0.1) is 12.3 Å². The van der Waals surface area contributed by atoms with Crippen molar-refractivity contribution < 1.29 is 19.1 Å². The Morgan fingerprint density at radius 2 is 1.35 bits per heavy atom. The van der Waals surface area contributed by atoms with E-state index in [0.717, 1.165) is 12.0 Å². The van der Waals surface area contributed by atoms with Gasteiger partial charge < -0.3 is 9.47 Å². The summed E-state index contributed by atoms with van der Waals surface area (Å²) in [5.41, 5.74) is 7.16. The number of rotatable bonds is 8. The van der Waals surface area contributed by atoms with Gasteiger partial charge in [0.25, 0.3) is 11.8 Å². The molecular weight excluding hydrogens is 392 g/mol. The zero-order valence-corrected chi connectivity index (χ0v) is 19.4. The molecule has 2 aromatic rings. The topological polar surface area (TPSA) is 76.7 Å². The van der Waals surface area contributed by atoms with Crippen molar-refractivity contribution >= 4 is 11.8 Å². The number of aryl methyl sites for hydroxylation is 1. The maximum absolute atomic E-state index is 11.9. The highest BCUT2D eigenvalue weighted by Gasteiger charge is 2.27. The average Bonchev–Trinajstić information content (AvgIpc) is 2.68. The van der Waals surface area contributed by atoms with Gasteiger partial charge in [0, 0.05) is 0 Å². The molecule has 0 atom stereocenters. The van der Waals surface area contributed by atoms with Crippen LogP contribution in [0.3, 0.4) is 0 Å². The number of hydrogen-bond acceptors (Lipinski definition) is 4. The highest BCUT2D eigenvalue weighted by molar-refractivity contribution is 5.83. The lowest BCUT2D eigenvalue weighted by Gasteiger charge is -2.33. The maximum atomic E-state index is 11.9. The third kappa shape index (κ3) is 8.70. The maximum Gasteiger partial charge on any atom is 0.276 e. The molecule has 0 aliphatic carbocycles. The number of amides is 2. The predicted octanol–water partition coefficient (Wildman–Crippen LogP) is 4.31. The molecule has 0 aromatic heterocycles. The monoisotopic (exact) mass is 426 g/mol. The molecule has 0 unspecified atom stereocenters. The first-order chi connectivity index (χ1) is 14.4. The number of nitrogens with one attached hydrogen (secondary N) is 2. The molecule has 0 aliphatic rings. The number of ether oxygens (including phenoxy) is 2. The Labute approximate surface area is 185 Å². The van der Waals surface area contributed by atoms with Gasteiger partial charge in [-0.1, -0.05) is 58.9 Å². The van der Waals surface area contributed by atoms with Crippen molar-refractivity contribution in [3.05, 3.63) is 59.7 Å². The summed E-state index contributed by atoms with van der Waals surface area (Å²) in [6, 6.07) is 15.2. The molecule has 0 saturated carbocycles. The Morgan fingerprint density at radius 1 is 0.806 bits per heavy atom. The van der Waals surface area contributed by atoms with Gasteiger partial charge in [0.05, 0.1) is 0 Å². The number of hydrogen-bond donors (Lipinski definition) is 2. The highest BCUT2D eigenvalue weighted by atomic mass is 16.5. The first-order valence-corrected chi connectivity index (χ1v) is 10.5. The minimum absolute atomic E-state index is 0.0406.